The number of carbonyl (C=O) groups excluding carboxylic acids is 1. The molecule has 2 aliphatic heterocycles. The van der Waals surface area contributed by atoms with Crippen molar-refractivity contribution in [3.63, 3.8) is 0 Å². The van der Waals surface area contributed by atoms with Crippen LogP contribution < -0.4 is 10.1 Å². The van der Waals surface area contributed by atoms with Gasteiger partial charge in [0.1, 0.15) is 36.3 Å². The molecule has 35 heavy (non-hydrogen) atoms. The Morgan fingerprint density at radius 3 is 2.29 bits per heavy atom. The van der Waals surface area contributed by atoms with E-state index in [0.29, 0.717) is 0 Å². The van der Waals surface area contributed by atoms with Crippen molar-refractivity contribution in [2.24, 2.45) is 0 Å². The van der Waals surface area contributed by atoms with Gasteiger partial charge in [-0.05, 0) is 12.1 Å². The summed E-state index contributed by atoms with van der Waals surface area (Å²) in [5, 5.41) is 74.4. The van der Waals surface area contributed by atoms with E-state index in [4.69, 9.17) is 18.9 Å². The maximum absolute atomic E-state index is 11.9. The molecule has 0 spiro atoms. The topological polar surface area (TPSA) is 231 Å². The Morgan fingerprint density at radius 1 is 1.14 bits per heavy atom. The molecule has 0 saturated carbocycles. The van der Waals surface area contributed by atoms with Gasteiger partial charge in [-0.1, -0.05) is 0 Å². The summed E-state index contributed by atoms with van der Waals surface area (Å²) in [5.41, 5.74) is -2.84. The number of ether oxygens (including phenoxy) is 4. The fourth-order valence-corrected chi connectivity index (χ4v) is 3.88. The van der Waals surface area contributed by atoms with Gasteiger partial charge in [0.05, 0.1) is 24.2 Å². The minimum atomic E-state index is -2.60. The molecule has 9 atom stereocenters. The molecule has 2 fully saturated rings. The third-order valence-corrected chi connectivity index (χ3v) is 5.64. The van der Waals surface area contributed by atoms with Crippen molar-refractivity contribution in [2.75, 3.05) is 13.2 Å². The number of carbonyl (C=O) groups is 1. The number of hydrogen-bond donors (Lipinski definition) is 7. The minimum Gasteiger partial charge on any atom is -0.460 e. The molecule has 0 radical (unpaired) electrons. The first-order chi connectivity index (χ1) is 16.5. The molecule has 1 aromatic rings. The summed E-state index contributed by atoms with van der Waals surface area (Å²) in [6.07, 6.45) is -12.4. The van der Waals surface area contributed by atoms with E-state index in [0.717, 1.165) is 19.1 Å². The molecule has 2 aliphatic rings. The van der Waals surface area contributed by atoms with E-state index in [1.54, 1.807) is 0 Å². The number of non-ortho nitro benzene ring substituents is 1. The summed E-state index contributed by atoms with van der Waals surface area (Å²) in [4.78, 5) is 22.2. The van der Waals surface area contributed by atoms with E-state index in [9.17, 15) is 45.5 Å². The van der Waals surface area contributed by atoms with Crippen molar-refractivity contribution in [3.8, 4) is 5.75 Å². The van der Waals surface area contributed by atoms with Gasteiger partial charge in [-0.15, -0.1) is 0 Å². The second kappa shape index (κ2) is 11.1. The highest BCUT2D eigenvalue weighted by atomic mass is 16.7. The van der Waals surface area contributed by atoms with Crippen LogP contribution in [-0.4, -0.2) is 110 Å². The standard InChI is InChI=1S/C20H28N2O13/c1-9(25)21-20(29)18(35-15-6-12(26)16(27)13(7-23)33-15)17(28)14(8-24)34-19(20)32-11-4-2-10(3-5-11)22(30)31/h2-5,12-19,23-24,26-29H,6-8H2,1H3,(H,21,25)/t12-,13-,14-,15+,16-,17+,18+,19-,20-/m1/s1. The zero-order valence-electron chi connectivity index (χ0n) is 18.5. The highest BCUT2D eigenvalue weighted by molar-refractivity contribution is 5.73. The van der Waals surface area contributed by atoms with Crippen molar-refractivity contribution in [2.45, 2.75) is 68.3 Å². The van der Waals surface area contributed by atoms with Crippen LogP contribution in [0.3, 0.4) is 0 Å². The summed E-state index contributed by atoms with van der Waals surface area (Å²) in [5.74, 6) is -0.811. The Kier molecular flexibility index (Phi) is 8.58. The van der Waals surface area contributed by atoms with Gasteiger partial charge in [0.2, 0.25) is 11.6 Å². The molecule has 196 valence electrons. The third kappa shape index (κ3) is 5.85. The quantitative estimate of drug-likeness (QED) is 0.107. The number of benzene rings is 1. The molecule has 15 nitrogen and oxygen atoms in total. The molecule has 2 saturated heterocycles. The smallest absolute Gasteiger partial charge is 0.269 e. The van der Waals surface area contributed by atoms with Crippen LogP contribution in [0.2, 0.25) is 0 Å². The summed E-state index contributed by atoms with van der Waals surface area (Å²) in [6, 6.07) is 4.66. The number of nitrogens with one attached hydrogen (secondary N) is 1. The maximum atomic E-state index is 11.9. The fraction of sp³-hybridized carbons (Fsp3) is 0.650. The van der Waals surface area contributed by atoms with Crippen LogP contribution in [-0.2, 0) is 19.0 Å². The fourth-order valence-electron chi connectivity index (χ4n) is 3.88. The average molecular weight is 504 g/mol. The van der Waals surface area contributed by atoms with E-state index in [2.05, 4.69) is 5.32 Å². The first-order valence-corrected chi connectivity index (χ1v) is 10.6. The van der Waals surface area contributed by atoms with Crippen molar-refractivity contribution in [3.05, 3.63) is 34.4 Å². The second-order valence-corrected chi connectivity index (χ2v) is 8.19. The molecule has 7 N–H and O–H groups in total. The van der Waals surface area contributed by atoms with Crippen LogP contribution >= 0.6 is 0 Å². The van der Waals surface area contributed by atoms with E-state index in [-0.39, 0.29) is 17.9 Å². The van der Waals surface area contributed by atoms with Gasteiger partial charge in [-0.2, -0.15) is 0 Å². The lowest BCUT2D eigenvalue weighted by molar-refractivity contribution is -0.385. The molecule has 3 rings (SSSR count). The summed E-state index contributed by atoms with van der Waals surface area (Å²) in [6.45, 7) is -0.375. The van der Waals surface area contributed by atoms with Gasteiger partial charge in [0, 0.05) is 25.5 Å². The first kappa shape index (κ1) is 27.1. The Hall–Kier alpha value is -2.47. The summed E-state index contributed by atoms with van der Waals surface area (Å²) >= 11 is 0. The first-order valence-electron chi connectivity index (χ1n) is 10.6. The second-order valence-electron chi connectivity index (χ2n) is 8.19. The highest BCUT2D eigenvalue weighted by Gasteiger charge is 2.59. The molecule has 2 heterocycles. The Bertz CT molecular complexity index is 886. The van der Waals surface area contributed by atoms with Gasteiger partial charge in [0.25, 0.3) is 12.0 Å². The minimum absolute atomic E-state index is 0.0241. The predicted octanol–water partition coefficient (Wildman–Crippen LogP) is -2.91. The van der Waals surface area contributed by atoms with Gasteiger partial charge in [0.15, 0.2) is 6.29 Å². The van der Waals surface area contributed by atoms with Crippen LogP contribution in [0.5, 0.6) is 5.75 Å². The summed E-state index contributed by atoms with van der Waals surface area (Å²) in [7, 11) is 0. The van der Waals surface area contributed by atoms with Gasteiger partial charge >= 0.3 is 0 Å². The lowest BCUT2D eigenvalue weighted by Gasteiger charge is -2.50. The Balaban J connectivity index is 1.91. The molecule has 1 aromatic carbocycles. The number of hydrogen-bond acceptors (Lipinski definition) is 13. The molecular weight excluding hydrogens is 476 g/mol. The molecule has 0 aromatic heterocycles. The van der Waals surface area contributed by atoms with Crippen LogP contribution in [0, 0.1) is 10.1 Å². The van der Waals surface area contributed by atoms with E-state index in [1.165, 1.54) is 12.1 Å². The van der Waals surface area contributed by atoms with Crippen molar-refractivity contribution in [1.82, 2.24) is 5.32 Å². The summed E-state index contributed by atoms with van der Waals surface area (Å²) < 4.78 is 22.2. The molecule has 1 amide bonds. The van der Waals surface area contributed by atoms with Crippen molar-refractivity contribution < 1.29 is 59.3 Å². The molecular formula is C20H28N2O13. The number of amides is 1. The van der Waals surface area contributed by atoms with E-state index < -0.39 is 79.0 Å². The zero-order valence-corrected chi connectivity index (χ0v) is 18.5. The number of nitro groups is 1. The van der Waals surface area contributed by atoms with E-state index >= 15 is 0 Å². The number of nitrogens with zero attached hydrogens (tertiary/aromatic N) is 1. The normalized spacial score (nSPS) is 37.5. The lowest BCUT2D eigenvalue weighted by Crippen LogP contribution is -2.75. The Labute approximate surface area is 198 Å². The monoisotopic (exact) mass is 504 g/mol. The number of aliphatic hydroxyl groups is 6. The number of rotatable bonds is 8. The SMILES string of the molecule is CC(=O)N[C@]1(O)[C@H](Oc2ccc([N+](=O)[O-])cc2)O[C@H](CO)[C@H](O)[C@@H]1O[C@H]1C[C@@H](O)[C@@H](O)[C@@H](CO)O1. The van der Waals surface area contributed by atoms with Crippen LogP contribution in [0.1, 0.15) is 13.3 Å². The van der Waals surface area contributed by atoms with Crippen molar-refractivity contribution >= 4 is 11.6 Å². The molecule has 0 aliphatic carbocycles. The molecule has 15 heteroatoms. The largest absolute Gasteiger partial charge is 0.460 e. The predicted molar refractivity (Wildman–Crippen MR) is 111 cm³/mol. The lowest BCUT2D eigenvalue weighted by atomic mass is 9.92. The maximum Gasteiger partial charge on any atom is 0.269 e. The van der Waals surface area contributed by atoms with Gasteiger partial charge in [-0.3, -0.25) is 14.9 Å². The number of nitro benzene ring substituents is 1. The third-order valence-electron chi connectivity index (χ3n) is 5.64. The number of aliphatic hydroxyl groups excluding tert-OH is 5. The van der Waals surface area contributed by atoms with Crippen LogP contribution in [0.25, 0.3) is 0 Å². The highest BCUT2D eigenvalue weighted by Crippen LogP contribution is 2.35. The molecule has 0 unspecified atom stereocenters. The van der Waals surface area contributed by atoms with Gasteiger partial charge in [-0.25, -0.2) is 0 Å². The Morgan fingerprint density at radius 2 is 1.74 bits per heavy atom. The zero-order chi connectivity index (χ0) is 25.9. The van der Waals surface area contributed by atoms with Crippen LogP contribution in [0.15, 0.2) is 24.3 Å². The van der Waals surface area contributed by atoms with Gasteiger partial charge < -0.3 is 54.9 Å². The van der Waals surface area contributed by atoms with E-state index in [1.807, 2.05) is 0 Å². The molecule has 0 bridgehead atoms. The average Bonchev–Trinajstić information content (AvgIpc) is 2.80. The van der Waals surface area contributed by atoms with Crippen molar-refractivity contribution in [1.29, 1.82) is 0 Å². The van der Waals surface area contributed by atoms with Crippen LogP contribution in [0.4, 0.5) is 5.69 Å².